The Morgan fingerprint density at radius 3 is 2.38 bits per heavy atom. The molecule has 0 aromatic carbocycles. The molecule has 3 amide bonds. The summed E-state index contributed by atoms with van der Waals surface area (Å²) in [5, 5.41) is 4.47. The molecule has 6 heteroatoms. The fourth-order valence-electron chi connectivity index (χ4n) is 0.963. The maximum absolute atomic E-state index is 11.3. The zero-order valence-electron chi connectivity index (χ0n) is 9.99. The Bertz CT molecular complexity index is 270. The molecule has 0 spiro atoms. The van der Waals surface area contributed by atoms with Gasteiger partial charge in [0, 0.05) is 12.5 Å². The van der Waals surface area contributed by atoms with Gasteiger partial charge < -0.3 is 10.1 Å². The van der Waals surface area contributed by atoms with Crippen LogP contribution in [0.2, 0.25) is 0 Å². The average molecular weight is 230 g/mol. The van der Waals surface area contributed by atoms with Gasteiger partial charge in [0.05, 0.1) is 0 Å². The van der Waals surface area contributed by atoms with Crippen molar-refractivity contribution in [3.05, 3.63) is 0 Å². The van der Waals surface area contributed by atoms with Crippen LogP contribution in [0.15, 0.2) is 0 Å². The zero-order valence-corrected chi connectivity index (χ0v) is 9.99. The zero-order chi connectivity index (χ0) is 12.8. The number of alkyl carbamates (subject to hydrolysis) is 1. The third-order valence-corrected chi connectivity index (χ3v) is 1.47. The molecular weight excluding hydrogens is 212 g/mol. The van der Waals surface area contributed by atoms with Gasteiger partial charge in [-0.2, -0.15) is 0 Å². The molecule has 6 nitrogen and oxygen atoms in total. The second kappa shape index (κ2) is 6.09. The van der Waals surface area contributed by atoms with Crippen molar-refractivity contribution in [2.45, 2.75) is 45.8 Å². The maximum atomic E-state index is 11.3. The minimum Gasteiger partial charge on any atom is -0.444 e. The number of carbonyl (C=O) groups is 3. The second-order valence-electron chi connectivity index (χ2n) is 4.44. The van der Waals surface area contributed by atoms with Gasteiger partial charge in [-0.05, 0) is 27.7 Å². The lowest BCUT2D eigenvalue weighted by Crippen LogP contribution is -2.40. The summed E-state index contributed by atoms with van der Waals surface area (Å²) in [5.41, 5.74) is -0.575. The monoisotopic (exact) mass is 230 g/mol. The van der Waals surface area contributed by atoms with Gasteiger partial charge in [-0.15, -0.1) is 0 Å². The van der Waals surface area contributed by atoms with Crippen molar-refractivity contribution in [2.24, 2.45) is 0 Å². The van der Waals surface area contributed by atoms with E-state index in [0.29, 0.717) is 6.41 Å². The van der Waals surface area contributed by atoms with Crippen molar-refractivity contribution in [1.82, 2.24) is 10.6 Å². The SMILES string of the molecule is CC(CC(=O)NC=O)NC(=O)OC(C)(C)C. The molecule has 0 aliphatic rings. The molecule has 16 heavy (non-hydrogen) atoms. The van der Waals surface area contributed by atoms with Crippen LogP contribution in [0.3, 0.4) is 0 Å². The molecule has 0 saturated carbocycles. The number of carbonyl (C=O) groups excluding carboxylic acids is 3. The van der Waals surface area contributed by atoms with Crippen LogP contribution < -0.4 is 10.6 Å². The fourth-order valence-corrected chi connectivity index (χ4v) is 0.963. The molecule has 1 atom stereocenters. The van der Waals surface area contributed by atoms with Crippen LogP contribution in [-0.4, -0.2) is 30.1 Å². The predicted octanol–water partition coefficient (Wildman–Crippen LogP) is 0.562. The van der Waals surface area contributed by atoms with Crippen LogP contribution in [0.5, 0.6) is 0 Å². The van der Waals surface area contributed by atoms with Gasteiger partial charge in [0.15, 0.2) is 0 Å². The molecule has 92 valence electrons. The van der Waals surface area contributed by atoms with E-state index in [1.807, 2.05) is 5.32 Å². The van der Waals surface area contributed by atoms with Crippen molar-refractivity contribution in [3.8, 4) is 0 Å². The number of imide groups is 1. The van der Waals surface area contributed by atoms with Gasteiger partial charge in [-0.3, -0.25) is 14.9 Å². The van der Waals surface area contributed by atoms with Crippen molar-refractivity contribution in [2.75, 3.05) is 0 Å². The van der Waals surface area contributed by atoms with Gasteiger partial charge in [0.2, 0.25) is 12.3 Å². The fraction of sp³-hybridized carbons (Fsp3) is 0.700. The van der Waals surface area contributed by atoms with E-state index in [1.54, 1.807) is 27.7 Å². The van der Waals surface area contributed by atoms with E-state index < -0.39 is 23.6 Å². The van der Waals surface area contributed by atoms with Crippen molar-refractivity contribution in [3.63, 3.8) is 0 Å². The summed E-state index contributed by atoms with van der Waals surface area (Å²) >= 11 is 0. The largest absolute Gasteiger partial charge is 0.444 e. The summed E-state index contributed by atoms with van der Waals surface area (Å²) in [6, 6.07) is -0.394. The minimum absolute atomic E-state index is 0.0258. The van der Waals surface area contributed by atoms with Crippen LogP contribution in [0.1, 0.15) is 34.1 Å². The second-order valence-corrected chi connectivity index (χ2v) is 4.44. The molecule has 0 aromatic heterocycles. The van der Waals surface area contributed by atoms with Gasteiger partial charge in [0.25, 0.3) is 0 Å². The summed E-state index contributed by atoms with van der Waals surface area (Å²) in [5.74, 6) is -0.446. The van der Waals surface area contributed by atoms with E-state index in [-0.39, 0.29) is 6.42 Å². The smallest absolute Gasteiger partial charge is 0.407 e. The van der Waals surface area contributed by atoms with E-state index >= 15 is 0 Å². The third-order valence-electron chi connectivity index (χ3n) is 1.47. The Morgan fingerprint density at radius 1 is 1.38 bits per heavy atom. The summed E-state index contributed by atoms with van der Waals surface area (Å²) in [7, 11) is 0. The average Bonchev–Trinajstić information content (AvgIpc) is 1.98. The lowest BCUT2D eigenvalue weighted by Gasteiger charge is -2.21. The van der Waals surface area contributed by atoms with Crippen LogP contribution in [-0.2, 0) is 14.3 Å². The number of rotatable bonds is 4. The van der Waals surface area contributed by atoms with Crippen LogP contribution in [0, 0.1) is 0 Å². The molecule has 0 rings (SSSR count). The van der Waals surface area contributed by atoms with Crippen molar-refractivity contribution >= 4 is 18.4 Å². The summed E-state index contributed by atoms with van der Waals surface area (Å²) in [4.78, 5) is 32.2. The number of amides is 3. The Balaban J connectivity index is 3.96. The first-order valence-corrected chi connectivity index (χ1v) is 4.97. The summed E-state index contributed by atoms with van der Waals surface area (Å²) < 4.78 is 5.00. The topological polar surface area (TPSA) is 84.5 Å². The van der Waals surface area contributed by atoms with E-state index in [0.717, 1.165) is 0 Å². The van der Waals surface area contributed by atoms with E-state index in [1.165, 1.54) is 0 Å². The first kappa shape index (κ1) is 14.4. The van der Waals surface area contributed by atoms with Gasteiger partial charge >= 0.3 is 6.09 Å². The Hall–Kier alpha value is -1.59. The Kier molecular flexibility index (Phi) is 5.49. The molecule has 0 bridgehead atoms. The highest BCUT2D eigenvalue weighted by molar-refractivity contribution is 5.86. The third kappa shape index (κ3) is 7.78. The van der Waals surface area contributed by atoms with E-state index in [9.17, 15) is 14.4 Å². The van der Waals surface area contributed by atoms with Crippen molar-refractivity contribution < 1.29 is 19.1 Å². The summed E-state index contributed by atoms with van der Waals surface area (Å²) in [6.07, 6.45) is -0.251. The molecular formula is C10H18N2O4. The highest BCUT2D eigenvalue weighted by Crippen LogP contribution is 2.06. The number of nitrogens with one attached hydrogen (secondary N) is 2. The van der Waals surface area contributed by atoms with E-state index in [2.05, 4.69) is 5.32 Å². The van der Waals surface area contributed by atoms with Crippen LogP contribution >= 0.6 is 0 Å². The number of hydrogen-bond donors (Lipinski definition) is 2. The molecule has 0 radical (unpaired) electrons. The molecule has 0 aliphatic carbocycles. The first-order chi connectivity index (χ1) is 7.24. The number of ether oxygens (including phenoxy) is 1. The van der Waals surface area contributed by atoms with E-state index in [4.69, 9.17) is 4.74 Å². The van der Waals surface area contributed by atoms with Gasteiger partial charge in [-0.1, -0.05) is 0 Å². The summed E-state index contributed by atoms with van der Waals surface area (Å²) in [6.45, 7) is 6.89. The standard InChI is InChI=1S/C10H18N2O4/c1-7(5-8(14)11-6-13)12-9(15)16-10(2,3)4/h6-7H,5H2,1-4H3,(H,12,15)(H,11,13,14). The maximum Gasteiger partial charge on any atom is 0.407 e. The van der Waals surface area contributed by atoms with Gasteiger partial charge in [-0.25, -0.2) is 4.79 Å². The highest BCUT2D eigenvalue weighted by atomic mass is 16.6. The molecule has 0 aromatic rings. The molecule has 2 N–H and O–H groups in total. The molecule has 0 heterocycles. The first-order valence-electron chi connectivity index (χ1n) is 4.97. The quantitative estimate of drug-likeness (QED) is 0.691. The molecule has 0 saturated heterocycles. The lowest BCUT2D eigenvalue weighted by atomic mass is 10.2. The molecule has 1 unspecified atom stereocenters. The van der Waals surface area contributed by atoms with Crippen LogP contribution in [0.25, 0.3) is 0 Å². The van der Waals surface area contributed by atoms with Gasteiger partial charge in [0.1, 0.15) is 5.60 Å². The molecule has 0 fully saturated rings. The number of hydrogen-bond acceptors (Lipinski definition) is 4. The van der Waals surface area contributed by atoms with Crippen molar-refractivity contribution in [1.29, 1.82) is 0 Å². The predicted molar refractivity (Wildman–Crippen MR) is 57.7 cm³/mol. The van der Waals surface area contributed by atoms with Crippen LogP contribution in [0.4, 0.5) is 4.79 Å². The normalized spacial score (nSPS) is 12.5. The molecule has 0 aliphatic heterocycles. The minimum atomic E-state index is -0.584. The lowest BCUT2D eigenvalue weighted by molar-refractivity contribution is -0.125. The Morgan fingerprint density at radius 2 is 1.94 bits per heavy atom. The Labute approximate surface area is 94.7 Å². The highest BCUT2D eigenvalue weighted by Gasteiger charge is 2.18.